The first kappa shape index (κ1) is 30.1. The van der Waals surface area contributed by atoms with Gasteiger partial charge < -0.3 is 9.97 Å². The van der Waals surface area contributed by atoms with Gasteiger partial charge in [0.25, 0.3) is 0 Å². The SMILES string of the molecule is Cc1c(C(F)(F)F)[nH]c2ccccc12.Cc1c[nH]c2ccccc12.Fc1ccc2c(c1)c1cc(F)ccc1[s+]2C(F)(F)F. The highest BCUT2D eigenvalue weighted by atomic mass is 32.2. The van der Waals surface area contributed by atoms with E-state index in [1.807, 2.05) is 12.3 Å². The van der Waals surface area contributed by atoms with E-state index in [0.717, 1.165) is 36.4 Å². The van der Waals surface area contributed by atoms with Gasteiger partial charge in [-0.2, -0.15) is 13.2 Å². The minimum atomic E-state index is -4.46. The van der Waals surface area contributed by atoms with Crippen molar-refractivity contribution in [1.29, 1.82) is 0 Å². The van der Waals surface area contributed by atoms with E-state index in [4.69, 9.17) is 0 Å². The number of aryl methyl sites for hydroxylation is 2. The highest BCUT2D eigenvalue weighted by Crippen LogP contribution is 2.54. The monoisotopic (exact) mass is 619 g/mol. The molecule has 4 aromatic carbocycles. The van der Waals surface area contributed by atoms with Gasteiger partial charge >= 0.3 is 11.7 Å². The van der Waals surface area contributed by atoms with Crippen molar-refractivity contribution >= 4 is 52.4 Å². The van der Waals surface area contributed by atoms with Crippen LogP contribution in [0.1, 0.15) is 16.8 Å². The van der Waals surface area contributed by atoms with Gasteiger partial charge in [0.2, 0.25) is 0 Å². The minimum absolute atomic E-state index is 0.00509. The Bertz CT molecular complexity index is 2000. The number of halogens is 8. The summed E-state index contributed by atoms with van der Waals surface area (Å²) in [5.41, 5.74) is -1.80. The predicted molar refractivity (Wildman–Crippen MR) is 156 cm³/mol. The molecule has 0 bridgehead atoms. The number of H-pyrrole nitrogens is 2. The Labute approximate surface area is 242 Å². The third-order valence-electron chi connectivity index (χ3n) is 6.89. The van der Waals surface area contributed by atoms with E-state index < -0.39 is 39.5 Å². The molecule has 0 amide bonds. The first-order valence-electron chi connectivity index (χ1n) is 12.8. The lowest BCUT2D eigenvalue weighted by atomic mass is 10.1. The number of fused-ring (bicyclic) bond motifs is 5. The smallest absolute Gasteiger partial charge is 0.361 e. The molecule has 0 unspecified atom stereocenters. The molecule has 2 nitrogen and oxygen atoms in total. The number of benzene rings is 4. The van der Waals surface area contributed by atoms with Crippen molar-refractivity contribution in [1.82, 2.24) is 9.97 Å². The van der Waals surface area contributed by atoms with E-state index in [9.17, 15) is 35.1 Å². The average Bonchev–Trinajstić information content (AvgIpc) is 3.61. The van der Waals surface area contributed by atoms with Crippen molar-refractivity contribution in [3.8, 4) is 0 Å². The molecule has 3 heterocycles. The van der Waals surface area contributed by atoms with Gasteiger partial charge in [0, 0.05) is 40.1 Å². The molecule has 3 aromatic heterocycles. The van der Waals surface area contributed by atoms with Gasteiger partial charge in [0.15, 0.2) is 9.40 Å². The second kappa shape index (κ2) is 11.4. The van der Waals surface area contributed by atoms with Crippen molar-refractivity contribution < 1.29 is 35.1 Å². The molecule has 0 aliphatic rings. The number of aromatic nitrogens is 2. The van der Waals surface area contributed by atoms with E-state index in [1.165, 1.54) is 23.4 Å². The number of nitrogens with one attached hydrogen (secondary N) is 2. The van der Waals surface area contributed by atoms with Crippen LogP contribution in [0.25, 0.3) is 42.0 Å². The number of aromatic amines is 2. The van der Waals surface area contributed by atoms with E-state index in [2.05, 4.69) is 35.1 Å². The van der Waals surface area contributed by atoms with Gasteiger partial charge in [-0.1, -0.05) is 36.4 Å². The van der Waals surface area contributed by atoms with Crippen molar-refractivity contribution in [2.45, 2.75) is 25.5 Å². The van der Waals surface area contributed by atoms with E-state index in [0.29, 0.717) is 10.9 Å². The zero-order valence-corrected chi connectivity index (χ0v) is 23.4. The molecule has 0 atom stereocenters. The number of thiophene rings is 1. The quantitative estimate of drug-likeness (QED) is 0.125. The number of alkyl halides is 6. The molecule has 0 aliphatic carbocycles. The van der Waals surface area contributed by atoms with Crippen LogP contribution in [0.3, 0.4) is 0 Å². The number of hydrogen-bond donors (Lipinski definition) is 2. The van der Waals surface area contributed by atoms with E-state index in [1.54, 1.807) is 24.3 Å². The molecule has 0 radical (unpaired) electrons. The molecule has 0 fully saturated rings. The number of hydrogen-bond acceptors (Lipinski definition) is 0. The number of para-hydroxylation sites is 2. The van der Waals surface area contributed by atoms with Crippen LogP contribution in [0.15, 0.2) is 91.1 Å². The summed E-state index contributed by atoms with van der Waals surface area (Å²) in [5, 5.41) is 2.19. The molecule has 222 valence electrons. The van der Waals surface area contributed by atoms with Gasteiger partial charge in [-0.25, -0.2) is 8.78 Å². The first-order chi connectivity index (χ1) is 20.3. The van der Waals surface area contributed by atoms with Crippen LogP contribution in [0.5, 0.6) is 0 Å². The van der Waals surface area contributed by atoms with Gasteiger partial charge in [0.05, 0.1) is 10.8 Å². The second-order valence-corrected chi connectivity index (χ2v) is 11.7. The minimum Gasteiger partial charge on any atom is -0.361 e. The lowest BCUT2D eigenvalue weighted by molar-refractivity contribution is -0.141. The largest absolute Gasteiger partial charge is 0.601 e. The van der Waals surface area contributed by atoms with Crippen LogP contribution in [0, 0.1) is 25.5 Å². The summed E-state index contributed by atoms with van der Waals surface area (Å²) in [6.07, 6.45) is -2.27. The topological polar surface area (TPSA) is 31.6 Å². The molecule has 7 aromatic rings. The van der Waals surface area contributed by atoms with Gasteiger partial charge in [-0.05, 0) is 61.4 Å². The maximum Gasteiger partial charge on any atom is 0.601 e. The van der Waals surface area contributed by atoms with Crippen molar-refractivity contribution in [3.63, 3.8) is 0 Å². The fraction of sp³-hybridized carbons (Fsp3) is 0.125. The number of rotatable bonds is 0. The fourth-order valence-corrected chi connectivity index (χ4v) is 6.85. The molecule has 0 saturated heterocycles. The van der Waals surface area contributed by atoms with E-state index in [-0.39, 0.29) is 25.7 Å². The van der Waals surface area contributed by atoms with Crippen LogP contribution in [-0.2, 0) is 11.7 Å². The summed E-state index contributed by atoms with van der Waals surface area (Å²) in [4.78, 5) is 5.57. The summed E-state index contributed by atoms with van der Waals surface area (Å²) >= 11 is 0. The highest BCUT2D eigenvalue weighted by molar-refractivity contribution is 7.43. The summed E-state index contributed by atoms with van der Waals surface area (Å²) in [5.74, 6) is -1.27. The Morgan fingerprint density at radius 2 is 1.12 bits per heavy atom. The summed E-state index contributed by atoms with van der Waals surface area (Å²) in [7, 11) is -2.14. The lowest BCUT2D eigenvalue weighted by Crippen LogP contribution is -2.06. The Morgan fingerprint density at radius 3 is 1.60 bits per heavy atom. The van der Waals surface area contributed by atoms with Crippen molar-refractivity contribution in [2.75, 3.05) is 0 Å². The van der Waals surface area contributed by atoms with Gasteiger partial charge in [-0.15, -0.1) is 13.2 Å². The summed E-state index contributed by atoms with van der Waals surface area (Å²) < 4.78 is 103. The second-order valence-electron chi connectivity index (χ2n) is 9.72. The molecular weight excluding hydrogens is 596 g/mol. The van der Waals surface area contributed by atoms with Crippen molar-refractivity contribution in [3.05, 3.63) is 120 Å². The maximum atomic E-state index is 13.2. The average molecular weight is 620 g/mol. The zero-order valence-electron chi connectivity index (χ0n) is 22.6. The predicted octanol–water partition coefficient (Wildman–Crippen LogP) is 11.5. The molecule has 2 N–H and O–H groups in total. The first-order valence-corrected chi connectivity index (χ1v) is 14.1. The maximum absolute atomic E-state index is 13.2. The Morgan fingerprint density at radius 1 is 0.605 bits per heavy atom. The van der Waals surface area contributed by atoms with Crippen LogP contribution in [-0.4, -0.2) is 9.97 Å². The molecule has 0 saturated carbocycles. The molecule has 7 rings (SSSR count). The molecule has 0 aliphatic heterocycles. The Kier molecular flexibility index (Phi) is 7.95. The van der Waals surface area contributed by atoms with Crippen LogP contribution < -0.4 is 0 Å². The molecule has 11 heteroatoms. The molecular formula is C32H23F8N2S+. The van der Waals surface area contributed by atoms with Crippen LogP contribution in [0.4, 0.5) is 35.1 Å². The molecule has 43 heavy (non-hydrogen) atoms. The highest BCUT2D eigenvalue weighted by Gasteiger charge is 2.47. The standard InChI is InChI=1S/C13H6F5S.C10H8F3N.C9H9N/c14-7-1-3-11-9(5-7)10-6-8(15)2-4-12(10)19(11)13(16,17)18;1-6-7-4-2-3-5-8(7)14-9(6)10(11,12)13;1-7-6-10-9-5-3-2-4-8(7)9/h1-6H;2-5,14H,1H3;2-6,10H,1H3/q+1;;. The van der Waals surface area contributed by atoms with Crippen molar-refractivity contribution in [2.24, 2.45) is 0 Å². The van der Waals surface area contributed by atoms with Gasteiger partial charge in [-0.3, -0.25) is 0 Å². The third-order valence-corrected chi connectivity index (χ3v) is 8.94. The summed E-state index contributed by atoms with van der Waals surface area (Å²) in [6.45, 7) is 3.58. The van der Waals surface area contributed by atoms with Crippen LogP contribution in [0.2, 0.25) is 0 Å². The Hall–Kier alpha value is -4.38. The van der Waals surface area contributed by atoms with Crippen LogP contribution >= 0.6 is 10.5 Å². The Balaban J connectivity index is 0.000000135. The molecule has 0 spiro atoms. The normalized spacial score (nSPS) is 12.0. The lowest BCUT2D eigenvalue weighted by Gasteiger charge is -2.04. The van der Waals surface area contributed by atoms with Gasteiger partial charge in [0.1, 0.15) is 27.8 Å². The zero-order chi connectivity index (χ0) is 31.1. The summed E-state index contributed by atoms with van der Waals surface area (Å²) in [6, 6.07) is 21.3. The fourth-order valence-electron chi connectivity index (χ4n) is 4.93. The van der Waals surface area contributed by atoms with E-state index >= 15 is 0 Å². The third kappa shape index (κ3) is 6.08.